The zero-order valence-electron chi connectivity index (χ0n) is 11.3. The molecule has 0 heterocycles. The highest BCUT2D eigenvalue weighted by atomic mass is 35.5. The van der Waals surface area contributed by atoms with Crippen LogP contribution in [-0.2, 0) is 4.79 Å². The molecule has 0 radical (unpaired) electrons. The van der Waals surface area contributed by atoms with Crippen LogP contribution in [0.4, 0.5) is 0 Å². The molecule has 2 N–H and O–H groups in total. The smallest absolute Gasteiger partial charge is 0.339 e. The molecule has 1 aromatic rings. The van der Waals surface area contributed by atoms with E-state index >= 15 is 0 Å². The van der Waals surface area contributed by atoms with Crippen LogP contribution in [0.15, 0.2) is 12.1 Å². The summed E-state index contributed by atoms with van der Waals surface area (Å²) in [5, 5.41) is 18.3. The van der Waals surface area contributed by atoms with E-state index in [0.717, 1.165) is 0 Å². The van der Waals surface area contributed by atoms with E-state index in [-0.39, 0.29) is 28.7 Å². The van der Waals surface area contributed by atoms with Gasteiger partial charge in [-0.05, 0) is 19.9 Å². The topological polar surface area (TPSA) is 93.1 Å². The number of benzene rings is 1. The third-order valence-electron chi connectivity index (χ3n) is 2.63. The summed E-state index contributed by atoms with van der Waals surface area (Å²) in [5.74, 6) is -2.20. The molecule has 0 spiro atoms. The third kappa shape index (κ3) is 3.54. The van der Waals surface area contributed by atoms with E-state index in [4.69, 9.17) is 31.3 Å². The molecule has 0 atom stereocenters. The lowest BCUT2D eigenvalue weighted by Gasteiger charge is -2.21. The largest absolute Gasteiger partial charge is 0.493 e. The van der Waals surface area contributed by atoms with E-state index in [2.05, 4.69) is 0 Å². The number of hydrogen-bond donors (Lipinski definition) is 2. The van der Waals surface area contributed by atoms with Crippen molar-refractivity contribution in [2.24, 2.45) is 5.41 Å². The Hall–Kier alpha value is -1.95. The zero-order chi connectivity index (χ0) is 15.5. The Bertz CT molecular complexity index is 538. The highest BCUT2D eigenvalue weighted by molar-refractivity contribution is 6.31. The first-order valence-corrected chi connectivity index (χ1v) is 6.04. The first-order valence-electron chi connectivity index (χ1n) is 5.66. The lowest BCUT2D eigenvalue weighted by atomic mass is 9.95. The summed E-state index contributed by atoms with van der Waals surface area (Å²) in [4.78, 5) is 22.2. The van der Waals surface area contributed by atoms with Crippen molar-refractivity contribution in [1.82, 2.24) is 0 Å². The molecule has 0 fully saturated rings. The monoisotopic (exact) mass is 302 g/mol. The van der Waals surface area contributed by atoms with Crippen LogP contribution in [0.3, 0.4) is 0 Å². The number of rotatable bonds is 6. The lowest BCUT2D eigenvalue weighted by molar-refractivity contribution is -0.148. The molecule has 0 unspecified atom stereocenters. The first-order chi connectivity index (χ1) is 9.19. The molecule has 110 valence electrons. The van der Waals surface area contributed by atoms with Crippen molar-refractivity contribution >= 4 is 23.5 Å². The Labute approximate surface area is 120 Å². The molecule has 7 heteroatoms. The van der Waals surface area contributed by atoms with Crippen LogP contribution in [0.5, 0.6) is 11.5 Å². The maximum absolute atomic E-state index is 11.2. The minimum Gasteiger partial charge on any atom is -0.493 e. The molecule has 6 nitrogen and oxygen atoms in total. The Morgan fingerprint density at radius 3 is 2.35 bits per heavy atom. The highest BCUT2D eigenvalue weighted by Gasteiger charge is 2.30. The fraction of sp³-hybridized carbons (Fsp3) is 0.385. The van der Waals surface area contributed by atoms with Gasteiger partial charge in [0.05, 0.1) is 12.5 Å². The number of carboxylic acids is 2. The van der Waals surface area contributed by atoms with Gasteiger partial charge in [0.25, 0.3) is 0 Å². The van der Waals surface area contributed by atoms with Gasteiger partial charge in [0.15, 0.2) is 11.5 Å². The summed E-state index contributed by atoms with van der Waals surface area (Å²) in [7, 11) is 1.34. The van der Waals surface area contributed by atoms with E-state index in [1.54, 1.807) is 0 Å². The minimum atomic E-state index is -1.24. The van der Waals surface area contributed by atoms with Crippen molar-refractivity contribution in [3.63, 3.8) is 0 Å². The quantitative estimate of drug-likeness (QED) is 0.839. The molecule has 0 amide bonds. The fourth-order valence-corrected chi connectivity index (χ4v) is 1.55. The molecule has 0 saturated carbocycles. The van der Waals surface area contributed by atoms with Gasteiger partial charge >= 0.3 is 11.9 Å². The summed E-state index contributed by atoms with van der Waals surface area (Å²) in [6, 6.07) is 2.62. The van der Waals surface area contributed by atoms with Gasteiger partial charge in [0.2, 0.25) is 0 Å². The van der Waals surface area contributed by atoms with Crippen molar-refractivity contribution in [2.75, 3.05) is 13.7 Å². The van der Waals surface area contributed by atoms with Gasteiger partial charge in [0.1, 0.15) is 12.2 Å². The summed E-state index contributed by atoms with van der Waals surface area (Å²) >= 11 is 5.79. The predicted molar refractivity (Wildman–Crippen MR) is 71.9 cm³/mol. The Morgan fingerprint density at radius 1 is 1.30 bits per heavy atom. The van der Waals surface area contributed by atoms with Crippen LogP contribution in [0, 0.1) is 5.41 Å². The van der Waals surface area contributed by atoms with Gasteiger partial charge < -0.3 is 19.7 Å². The second-order valence-corrected chi connectivity index (χ2v) is 5.20. The molecule has 0 aliphatic heterocycles. The van der Waals surface area contributed by atoms with Crippen molar-refractivity contribution in [1.29, 1.82) is 0 Å². The number of hydrogen-bond acceptors (Lipinski definition) is 4. The fourth-order valence-electron chi connectivity index (χ4n) is 1.34. The van der Waals surface area contributed by atoms with Crippen LogP contribution in [-0.4, -0.2) is 35.9 Å². The van der Waals surface area contributed by atoms with Crippen LogP contribution in [0.1, 0.15) is 24.2 Å². The van der Waals surface area contributed by atoms with Gasteiger partial charge in [-0.25, -0.2) is 4.79 Å². The Kier molecular flexibility index (Phi) is 4.83. The van der Waals surface area contributed by atoms with E-state index < -0.39 is 17.4 Å². The molecule has 0 aromatic heterocycles. The van der Waals surface area contributed by atoms with E-state index in [1.807, 2.05) is 0 Å². The average Bonchev–Trinajstić information content (AvgIpc) is 2.35. The van der Waals surface area contributed by atoms with Crippen molar-refractivity contribution in [2.45, 2.75) is 13.8 Å². The number of methoxy groups -OCH3 is 1. The standard InChI is InChI=1S/C13H15ClO6/c1-13(2,12(17)18)6-20-10-8(11(15)16)4-7(14)5-9(10)19-3/h4-5H,6H2,1-3H3,(H,15,16)(H,17,18). The zero-order valence-corrected chi connectivity index (χ0v) is 12.0. The van der Waals surface area contributed by atoms with Gasteiger partial charge in [0, 0.05) is 11.1 Å². The summed E-state index contributed by atoms with van der Waals surface area (Å²) < 4.78 is 10.4. The van der Waals surface area contributed by atoms with Crippen molar-refractivity contribution in [3.8, 4) is 11.5 Å². The molecule has 0 aliphatic rings. The van der Waals surface area contributed by atoms with E-state index in [9.17, 15) is 9.59 Å². The number of carboxylic acid groups (broad SMARTS) is 2. The molecular weight excluding hydrogens is 288 g/mol. The number of aliphatic carboxylic acids is 1. The van der Waals surface area contributed by atoms with Gasteiger partial charge in [-0.1, -0.05) is 11.6 Å². The number of halogens is 1. The maximum Gasteiger partial charge on any atom is 0.339 e. The van der Waals surface area contributed by atoms with E-state index in [0.29, 0.717) is 0 Å². The predicted octanol–water partition coefficient (Wildman–Crippen LogP) is 2.54. The first kappa shape index (κ1) is 16.1. The maximum atomic E-state index is 11.2. The lowest BCUT2D eigenvalue weighted by Crippen LogP contribution is -2.31. The van der Waals surface area contributed by atoms with Gasteiger partial charge in [-0.2, -0.15) is 0 Å². The van der Waals surface area contributed by atoms with Crippen LogP contribution in [0.25, 0.3) is 0 Å². The SMILES string of the molecule is COc1cc(Cl)cc(C(=O)O)c1OCC(C)(C)C(=O)O. The Balaban J connectivity index is 3.16. The molecule has 20 heavy (non-hydrogen) atoms. The molecule has 1 aromatic carbocycles. The molecule has 1 rings (SSSR count). The minimum absolute atomic E-state index is 0.0428. The second-order valence-electron chi connectivity index (χ2n) is 4.77. The number of ether oxygens (including phenoxy) is 2. The average molecular weight is 303 g/mol. The van der Waals surface area contributed by atoms with Gasteiger partial charge in [-0.3, -0.25) is 4.79 Å². The molecule has 0 saturated heterocycles. The second kappa shape index (κ2) is 6.00. The number of aromatic carboxylic acids is 1. The summed E-state index contributed by atoms with van der Waals surface area (Å²) in [5.41, 5.74) is -1.35. The van der Waals surface area contributed by atoms with E-state index in [1.165, 1.54) is 33.1 Å². The van der Waals surface area contributed by atoms with Crippen molar-refractivity contribution in [3.05, 3.63) is 22.7 Å². The number of carbonyl (C=O) groups is 2. The van der Waals surface area contributed by atoms with Gasteiger partial charge in [-0.15, -0.1) is 0 Å². The van der Waals surface area contributed by atoms with Crippen LogP contribution < -0.4 is 9.47 Å². The molecule has 0 bridgehead atoms. The Morgan fingerprint density at radius 2 is 1.90 bits per heavy atom. The normalized spacial score (nSPS) is 11.0. The summed E-state index contributed by atoms with van der Waals surface area (Å²) in [6.07, 6.45) is 0. The van der Waals surface area contributed by atoms with Crippen LogP contribution in [0.2, 0.25) is 5.02 Å². The van der Waals surface area contributed by atoms with Crippen molar-refractivity contribution < 1.29 is 29.3 Å². The molecule has 0 aliphatic carbocycles. The highest BCUT2D eigenvalue weighted by Crippen LogP contribution is 2.35. The molecular formula is C13H15ClO6. The third-order valence-corrected chi connectivity index (χ3v) is 2.84. The van der Waals surface area contributed by atoms with Crippen LogP contribution >= 0.6 is 11.6 Å². The summed E-state index contributed by atoms with van der Waals surface area (Å²) in [6.45, 7) is 2.73.